The number of carbonyl (C=O) groups is 1. The minimum atomic E-state index is 0.103. The number of likely N-dealkylation sites (tertiary alicyclic amines) is 2. The van der Waals surface area contributed by atoms with E-state index in [1.165, 1.54) is 42.6 Å². The summed E-state index contributed by atoms with van der Waals surface area (Å²) in [7, 11) is 0. The molecule has 158 valence electrons. The molecule has 2 saturated heterocycles. The molecule has 0 spiro atoms. The summed E-state index contributed by atoms with van der Waals surface area (Å²) in [6.07, 6.45) is 7.41. The first-order chi connectivity index (χ1) is 13.9. The Kier molecular flexibility index (Phi) is 6.15. The minimum Gasteiger partial charge on any atom is -0.342 e. The van der Waals surface area contributed by atoms with Crippen LogP contribution in [-0.4, -0.2) is 47.9 Å². The Labute approximate surface area is 177 Å². The molecule has 3 nitrogen and oxygen atoms in total. The molecular weight excluding hydrogens is 356 g/mol. The Morgan fingerprint density at radius 3 is 2.55 bits per heavy atom. The van der Waals surface area contributed by atoms with Crippen LogP contribution in [0.15, 0.2) is 30.3 Å². The molecule has 4 rings (SSSR count). The molecule has 1 aromatic rings. The molecule has 0 saturated carbocycles. The largest absolute Gasteiger partial charge is 0.342 e. The normalized spacial score (nSPS) is 27.2. The van der Waals surface area contributed by atoms with Crippen LogP contribution in [-0.2, 0) is 11.2 Å². The maximum Gasteiger partial charge on any atom is 0.225 e. The Morgan fingerprint density at radius 1 is 1.10 bits per heavy atom. The van der Waals surface area contributed by atoms with Crippen LogP contribution in [0.3, 0.4) is 0 Å². The van der Waals surface area contributed by atoms with Gasteiger partial charge in [-0.3, -0.25) is 9.69 Å². The number of rotatable bonds is 6. The predicted octanol–water partition coefficient (Wildman–Crippen LogP) is 4.87. The lowest BCUT2D eigenvalue weighted by Crippen LogP contribution is -2.34. The molecule has 1 amide bonds. The second-order valence-corrected chi connectivity index (χ2v) is 10.1. The smallest absolute Gasteiger partial charge is 0.225 e. The predicted molar refractivity (Wildman–Crippen MR) is 121 cm³/mol. The molecule has 0 aromatic heterocycles. The number of amides is 1. The van der Waals surface area contributed by atoms with Gasteiger partial charge in [0.15, 0.2) is 0 Å². The third-order valence-electron chi connectivity index (χ3n) is 7.45. The van der Waals surface area contributed by atoms with Gasteiger partial charge in [-0.2, -0.15) is 0 Å². The van der Waals surface area contributed by atoms with Crippen LogP contribution >= 0.6 is 0 Å². The van der Waals surface area contributed by atoms with Crippen molar-refractivity contribution in [3.8, 4) is 0 Å². The molecule has 2 aliphatic heterocycles. The van der Waals surface area contributed by atoms with Gasteiger partial charge in [-0.1, -0.05) is 58.0 Å². The highest BCUT2D eigenvalue weighted by Gasteiger charge is 2.40. The third-order valence-corrected chi connectivity index (χ3v) is 7.45. The van der Waals surface area contributed by atoms with Crippen LogP contribution in [0, 0.1) is 23.7 Å². The molecule has 1 aromatic carbocycles. The van der Waals surface area contributed by atoms with E-state index in [1.807, 2.05) is 13.8 Å². The summed E-state index contributed by atoms with van der Waals surface area (Å²) in [5.74, 6) is 2.33. The number of carbonyl (C=O) groups excluding carboxylic acids is 1. The van der Waals surface area contributed by atoms with Crippen molar-refractivity contribution < 1.29 is 4.79 Å². The highest BCUT2D eigenvalue weighted by Crippen LogP contribution is 2.43. The van der Waals surface area contributed by atoms with Gasteiger partial charge in [-0.05, 0) is 60.8 Å². The molecule has 29 heavy (non-hydrogen) atoms. The first-order valence-corrected chi connectivity index (χ1v) is 11.8. The van der Waals surface area contributed by atoms with Gasteiger partial charge >= 0.3 is 0 Å². The monoisotopic (exact) mass is 394 g/mol. The molecule has 3 atom stereocenters. The molecular formula is C26H38N2O. The van der Waals surface area contributed by atoms with E-state index in [0.29, 0.717) is 17.7 Å². The lowest BCUT2D eigenvalue weighted by atomic mass is 9.90. The van der Waals surface area contributed by atoms with Crippen molar-refractivity contribution in [1.82, 2.24) is 9.80 Å². The Balaban J connectivity index is 1.35. The van der Waals surface area contributed by atoms with E-state index in [0.717, 1.165) is 37.9 Å². The molecule has 3 aliphatic rings. The van der Waals surface area contributed by atoms with Gasteiger partial charge in [0.05, 0.1) is 0 Å². The summed E-state index contributed by atoms with van der Waals surface area (Å²) in [4.78, 5) is 17.2. The summed E-state index contributed by atoms with van der Waals surface area (Å²) < 4.78 is 0. The first-order valence-electron chi connectivity index (χ1n) is 11.8. The summed E-state index contributed by atoms with van der Waals surface area (Å²) >= 11 is 0. The lowest BCUT2D eigenvalue weighted by molar-refractivity contribution is -0.133. The minimum absolute atomic E-state index is 0.103. The van der Waals surface area contributed by atoms with Gasteiger partial charge in [-0.25, -0.2) is 0 Å². The first kappa shape index (κ1) is 20.7. The highest BCUT2D eigenvalue weighted by atomic mass is 16.2. The molecule has 0 N–H and O–H groups in total. The maximum atomic E-state index is 12.4. The van der Waals surface area contributed by atoms with Gasteiger partial charge in [0.2, 0.25) is 5.91 Å². The highest BCUT2D eigenvalue weighted by molar-refractivity contribution is 5.80. The maximum absolute atomic E-state index is 12.4. The van der Waals surface area contributed by atoms with Crippen molar-refractivity contribution in [2.24, 2.45) is 23.7 Å². The number of fused-ring (bicyclic) bond motifs is 1. The van der Waals surface area contributed by atoms with Crippen LogP contribution < -0.4 is 0 Å². The van der Waals surface area contributed by atoms with E-state index >= 15 is 0 Å². The summed E-state index contributed by atoms with van der Waals surface area (Å²) in [6, 6.07) is 10.1. The van der Waals surface area contributed by atoms with Gasteiger partial charge in [0, 0.05) is 37.5 Å². The van der Waals surface area contributed by atoms with Crippen molar-refractivity contribution in [1.29, 1.82) is 0 Å². The van der Waals surface area contributed by atoms with Gasteiger partial charge in [0.25, 0.3) is 0 Å². The molecule has 3 unspecified atom stereocenters. The fraction of sp³-hybridized carbons (Fsp3) is 0.654. The summed E-state index contributed by atoms with van der Waals surface area (Å²) in [5.41, 5.74) is 4.28. The number of nitrogens with zero attached hydrogens (tertiary/aromatic N) is 2. The average molecular weight is 395 g/mol. The van der Waals surface area contributed by atoms with E-state index < -0.39 is 0 Å². The van der Waals surface area contributed by atoms with Crippen molar-refractivity contribution in [2.75, 3.05) is 26.2 Å². The standard InChI is InChI=1S/C26H38N2O/c1-18(2)25-6-5-14-27(25)15-13-20-7-9-21(10-8-20)23-12-11-22-16-28(17-24(22)23)26(29)19(3)4/h7-10,12,18-19,22,24-25H,5-6,11,13-17H2,1-4H3. The van der Waals surface area contributed by atoms with E-state index in [-0.39, 0.29) is 5.92 Å². The molecule has 3 heteroatoms. The zero-order chi connectivity index (χ0) is 20.5. The fourth-order valence-corrected chi connectivity index (χ4v) is 5.79. The Morgan fingerprint density at radius 2 is 1.86 bits per heavy atom. The van der Waals surface area contributed by atoms with Gasteiger partial charge in [0.1, 0.15) is 0 Å². The molecule has 0 bridgehead atoms. The SMILES string of the molecule is CC(C)C(=O)N1CC2CC=C(c3ccc(CCN4CCCC4C(C)C)cc3)C2C1. The number of benzene rings is 1. The summed E-state index contributed by atoms with van der Waals surface area (Å²) in [6.45, 7) is 13.0. The van der Waals surface area contributed by atoms with Crippen LogP contribution in [0.4, 0.5) is 0 Å². The zero-order valence-corrected chi connectivity index (χ0v) is 18.7. The molecule has 0 radical (unpaired) electrons. The van der Waals surface area contributed by atoms with Crippen molar-refractivity contribution in [2.45, 2.75) is 59.4 Å². The van der Waals surface area contributed by atoms with E-state index in [2.05, 4.69) is 54.0 Å². The van der Waals surface area contributed by atoms with Crippen LogP contribution in [0.1, 0.15) is 58.1 Å². The van der Waals surface area contributed by atoms with Crippen molar-refractivity contribution in [3.05, 3.63) is 41.5 Å². The van der Waals surface area contributed by atoms with E-state index in [9.17, 15) is 4.79 Å². The van der Waals surface area contributed by atoms with Crippen molar-refractivity contribution in [3.63, 3.8) is 0 Å². The lowest BCUT2D eigenvalue weighted by Gasteiger charge is -2.27. The average Bonchev–Trinajstić information content (AvgIpc) is 3.41. The van der Waals surface area contributed by atoms with Gasteiger partial charge < -0.3 is 4.90 Å². The van der Waals surface area contributed by atoms with Gasteiger partial charge in [-0.15, -0.1) is 0 Å². The number of hydrogen-bond acceptors (Lipinski definition) is 2. The number of allylic oxidation sites excluding steroid dienone is 1. The zero-order valence-electron chi connectivity index (χ0n) is 18.7. The van der Waals surface area contributed by atoms with E-state index in [4.69, 9.17) is 0 Å². The molecule has 2 fully saturated rings. The molecule has 1 aliphatic carbocycles. The van der Waals surface area contributed by atoms with Crippen LogP contribution in [0.5, 0.6) is 0 Å². The molecule has 2 heterocycles. The second-order valence-electron chi connectivity index (χ2n) is 10.1. The van der Waals surface area contributed by atoms with E-state index in [1.54, 1.807) is 0 Å². The third kappa shape index (κ3) is 4.30. The fourth-order valence-electron chi connectivity index (χ4n) is 5.79. The van der Waals surface area contributed by atoms with Crippen LogP contribution in [0.25, 0.3) is 5.57 Å². The quantitative estimate of drug-likeness (QED) is 0.687. The van der Waals surface area contributed by atoms with Crippen LogP contribution in [0.2, 0.25) is 0 Å². The van der Waals surface area contributed by atoms with Crippen molar-refractivity contribution >= 4 is 11.5 Å². The number of hydrogen-bond donors (Lipinski definition) is 0. The topological polar surface area (TPSA) is 23.6 Å². The summed E-state index contributed by atoms with van der Waals surface area (Å²) in [5, 5.41) is 0. The Hall–Kier alpha value is -1.61. The Bertz CT molecular complexity index is 748. The second kappa shape index (κ2) is 8.63.